The number of carbonyl (C=O) groups is 2. The number of carbonyl (C=O) groups excluding carboxylic acids is 2. The number of hydrogen-bond donors (Lipinski definition) is 2. The van der Waals surface area contributed by atoms with E-state index >= 15 is 0 Å². The van der Waals surface area contributed by atoms with Crippen molar-refractivity contribution in [3.05, 3.63) is 11.6 Å². The van der Waals surface area contributed by atoms with Crippen molar-refractivity contribution < 1.29 is 9.59 Å². The van der Waals surface area contributed by atoms with Crippen LogP contribution in [0, 0.1) is 0 Å². The summed E-state index contributed by atoms with van der Waals surface area (Å²) < 4.78 is 0. The van der Waals surface area contributed by atoms with Gasteiger partial charge in [0.25, 0.3) is 0 Å². The summed E-state index contributed by atoms with van der Waals surface area (Å²) in [7, 11) is 1.49. The fraction of sp³-hybridized carbons (Fsp3) is 0.429. The Hall–Kier alpha value is -1.32. The summed E-state index contributed by atoms with van der Waals surface area (Å²) in [6.45, 7) is 1.76. The minimum Gasteiger partial charge on any atom is -0.366 e. The highest BCUT2D eigenvalue weighted by atomic mass is 16.2. The average Bonchev–Trinajstić information content (AvgIpc) is 1.99. The number of nitrogens with two attached hydrogens (primary N) is 1. The van der Waals surface area contributed by atoms with Crippen molar-refractivity contribution in [2.45, 2.75) is 13.3 Å². The van der Waals surface area contributed by atoms with Crippen molar-refractivity contribution >= 4 is 11.8 Å². The molecule has 0 spiro atoms. The molecule has 0 aromatic heterocycles. The third kappa shape index (κ3) is 3.40. The van der Waals surface area contributed by atoms with Crippen molar-refractivity contribution in [1.29, 1.82) is 0 Å². The molecule has 62 valence electrons. The summed E-state index contributed by atoms with van der Waals surface area (Å²) in [4.78, 5) is 21.2. The van der Waals surface area contributed by atoms with Gasteiger partial charge in [-0.15, -0.1) is 0 Å². The van der Waals surface area contributed by atoms with Crippen molar-refractivity contribution in [3.63, 3.8) is 0 Å². The molecule has 4 heteroatoms. The third-order valence-electron chi connectivity index (χ3n) is 1.25. The standard InChI is InChI=1S/C7H12N2O2/c1-3-5(7(8)11)4-6(10)9-2/h4H,3H2,1-2H3,(H2,8,11)(H,9,10)/b5-4-. The molecule has 0 radical (unpaired) electrons. The Morgan fingerprint density at radius 2 is 2.09 bits per heavy atom. The van der Waals surface area contributed by atoms with Gasteiger partial charge in [0, 0.05) is 18.7 Å². The van der Waals surface area contributed by atoms with Crippen molar-refractivity contribution in [1.82, 2.24) is 5.32 Å². The zero-order chi connectivity index (χ0) is 8.85. The molecule has 0 heterocycles. The molecule has 0 aliphatic carbocycles. The predicted octanol–water partition coefficient (Wildman–Crippen LogP) is -0.446. The number of amides is 2. The zero-order valence-electron chi connectivity index (χ0n) is 6.68. The number of nitrogens with one attached hydrogen (secondary N) is 1. The van der Waals surface area contributed by atoms with E-state index in [4.69, 9.17) is 5.73 Å². The second-order valence-corrected chi connectivity index (χ2v) is 2.00. The van der Waals surface area contributed by atoms with E-state index < -0.39 is 5.91 Å². The van der Waals surface area contributed by atoms with Gasteiger partial charge in [0.1, 0.15) is 0 Å². The maximum Gasteiger partial charge on any atom is 0.244 e. The van der Waals surface area contributed by atoms with E-state index in [1.54, 1.807) is 6.92 Å². The highest BCUT2D eigenvalue weighted by Gasteiger charge is 2.03. The lowest BCUT2D eigenvalue weighted by Crippen LogP contribution is -2.19. The number of likely N-dealkylation sites (N-methyl/N-ethyl adjacent to an activating group) is 1. The summed E-state index contributed by atoms with van der Waals surface area (Å²) in [5.41, 5.74) is 5.30. The fourth-order valence-corrected chi connectivity index (χ4v) is 0.578. The molecule has 3 N–H and O–H groups in total. The number of primary amides is 1. The largest absolute Gasteiger partial charge is 0.366 e. The van der Waals surface area contributed by atoms with Gasteiger partial charge in [0.2, 0.25) is 11.8 Å². The molecule has 0 aliphatic rings. The minimum atomic E-state index is -0.545. The second-order valence-electron chi connectivity index (χ2n) is 2.00. The molecule has 0 rings (SSSR count). The summed E-state index contributed by atoms with van der Waals surface area (Å²) in [5.74, 6) is -0.850. The first-order valence-corrected chi connectivity index (χ1v) is 3.33. The molecule has 0 saturated heterocycles. The highest BCUT2D eigenvalue weighted by molar-refractivity contribution is 5.99. The predicted molar refractivity (Wildman–Crippen MR) is 41.6 cm³/mol. The monoisotopic (exact) mass is 156 g/mol. The van der Waals surface area contributed by atoms with Crippen LogP contribution in [0.4, 0.5) is 0 Å². The Labute approximate surface area is 65.5 Å². The van der Waals surface area contributed by atoms with Gasteiger partial charge in [-0.25, -0.2) is 0 Å². The average molecular weight is 156 g/mol. The molecule has 0 unspecified atom stereocenters. The number of rotatable bonds is 3. The smallest absolute Gasteiger partial charge is 0.244 e. The van der Waals surface area contributed by atoms with Gasteiger partial charge < -0.3 is 11.1 Å². The van der Waals surface area contributed by atoms with Crippen LogP contribution in [0.15, 0.2) is 11.6 Å². The molecule has 4 nitrogen and oxygen atoms in total. The molecular weight excluding hydrogens is 144 g/mol. The summed E-state index contributed by atoms with van der Waals surface area (Å²) >= 11 is 0. The van der Waals surface area contributed by atoms with Crippen LogP contribution in [0.2, 0.25) is 0 Å². The first-order valence-electron chi connectivity index (χ1n) is 3.33. The summed E-state index contributed by atoms with van der Waals surface area (Å²) in [6, 6.07) is 0. The Morgan fingerprint density at radius 3 is 2.36 bits per heavy atom. The normalized spacial score (nSPS) is 10.9. The topological polar surface area (TPSA) is 72.2 Å². The van der Waals surface area contributed by atoms with E-state index in [0.29, 0.717) is 12.0 Å². The van der Waals surface area contributed by atoms with Crippen LogP contribution >= 0.6 is 0 Å². The van der Waals surface area contributed by atoms with Crippen LogP contribution in [0.3, 0.4) is 0 Å². The summed E-state index contributed by atoms with van der Waals surface area (Å²) in [5, 5.41) is 2.36. The zero-order valence-corrected chi connectivity index (χ0v) is 6.68. The Bertz CT molecular complexity index is 197. The van der Waals surface area contributed by atoms with Crippen molar-refractivity contribution in [2.24, 2.45) is 5.73 Å². The molecule has 0 fully saturated rings. The van der Waals surface area contributed by atoms with Gasteiger partial charge in [0.05, 0.1) is 0 Å². The lowest BCUT2D eigenvalue weighted by molar-refractivity contribution is -0.117. The van der Waals surface area contributed by atoms with Gasteiger partial charge in [-0.05, 0) is 6.42 Å². The first-order chi connectivity index (χ1) is 5.11. The van der Waals surface area contributed by atoms with Gasteiger partial charge in [-0.2, -0.15) is 0 Å². The van der Waals surface area contributed by atoms with Gasteiger partial charge in [-0.1, -0.05) is 6.92 Å². The Balaban J connectivity index is 4.35. The van der Waals surface area contributed by atoms with Gasteiger partial charge >= 0.3 is 0 Å². The van der Waals surface area contributed by atoms with E-state index in [9.17, 15) is 9.59 Å². The van der Waals surface area contributed by atoms with E-state index in [1.807, 2.05) is 0 Å². The van der Waals surface area contributed by atoms with Crippen LogP contribution in [-0.2, 0) is 9.59 Å². The molecule has 0 saturated carbocycles. The second kappa shape index (κ2) is 4.49. The fourth-order valence-electron chi connectivity index (χ4n) is 0.578. The molecule has 0 aromatic carbocycles. The molecule has 0 bridgehead atoms. The van der Waals surface area contributed by atoms with Crippen molar-refractivity contribution in [3.8, 4) is 0 Å². The van der Waals surface area contributed by atoms with E-state index in [-0.39, 0.29) is 5.91 Å². The lowest BCUT2D eigenvalue weighted by Gasteiger charge is -1.96. The maximum absolute atomic E-state index is 10.7. The highest BCUT2D eigenvalue weighted by Crippen LogP contribution is 1.97. The van der Waals surface area contributed by atoms with Gasteiger partial charge in [-0.3, -0.25) is 9.59 Å². The molecule has 11 heavy (non-hydrogen) atoms. The van der Waals surface area contributed by atoms with Crippen LogP contribution in [0.1, 0.15) is 13.3 Å². The maximum atomic E-state index is 10.7. The minimum absolute atomic E-state index is 0.305. The molecule has 0 aromatic rings. The van der Waals surface area contributed by atoms with Crippen LogP contribution in [0.5, 0.6) is 0 Å². The lowest BCUT2D eigenvalue weighted by atomic mass is 10.2. The van der Waals surface area contributed by atoms with Crippen LogP contribution in [-0.4, -0.2) is 18.9 Å². The van der Waals surface area contributed by atoms with Crippen LogP contribution < -0.4 is 11.1 Å². The first kappa shape index (κ1) is 9.68. The molecule has 0 atom stereocenters. The van der Waals surface area contributed by atoms with E-state index in [0.717, 1.165) is 0 Å². The Morgan fingerprint density at radius 1 is 1.55 bits per heavy atom. The van der Waals surface area contributed by atoms with E-state index in [2.05, 4.69) is 5.32 Å². The van der Waals surface area contributed by atoms with Crippen LogP contribution in [0.25, 0.3) is 0 Å². The van der Waals surface area contributed by atoms with E-state index in [1.165, 1.54) is 13.1 Å². The Kier molecular flexibility index (Phi) is 3.95. The third-order valence-corrected chi connectivity index (χ3v) is 1.25. The molecule has 2 amide bonds. The van der Waals surface area contributed by atoms with Gasteiger partial charge in [0.15, 0.2) is 0 Å². The molecular formula is C7H12N2O2. The number of hydrogen-bond acceptors (Lipinski definition) is 2. The quantitative estimate of drug-likeness (QED) is 0.543. The SMILES string of the molecule is CC/C(=C/C(=O)NC)C(N)=O. The molecule has 0 aliphatic heterocycles. The summed E-state index contributed by atoms with van der Waals surface area (Å²) in [6.07, 6.45) is 1.69. The van der Waals surface area contributed by atoms with Crippen molar-refractivity contribution in [2.75, 3.05) is 7.05 Å².